The molecule has 124 valence electrons. The molecule has 0 aromatic heterocycles. The van der Waals surface area contributed by atoms with Crippen molar-refractivity contribution < 1.29 is 23.5 Å². The van der Waals surface area contributed by atoms with Gasteiger partial charge in [0.15, 0.2) is 17.3 Å². The Morgan fingerprint density at radius 3 is 2.54 bits per heavy atom. The molecule has 24 heavy (non-hydrogen) atoms. The van der Waals surface area contributed by atoms with E-state index in [1.165, 1.54) is 37.3 Å². The number of methoxy groups -OCH3 is 2. The molecular weight excluding hydrogens is 313 g/mol. The molecule has 5 nitrogen and oxygen atoms in total. The maximum Gasteiger partial charge on any atom is 0.258 e. The summed E-state index contributed by atoms with van der Waals surface area (Å²) < 4.78 is 23.8. The lowest BCUT2D eigenvalue weighted by Gasteiger charge is -2.29. The highest BCUT2D eigenvalue weighted by molar-refractivity contribution is 6.13. The number of ether oxygens (including phenoxy) is 2. The number of carbonyl (C=O) groups is 2. The Balaban J connectivity index is 2.00. The Kier molecular flexibility index (Phi) is 4.20. The predicted octanol–water partition coefficient (Wildman–Crippen LogP) is 3.08. The molecule has 0 unspecified atom stereocenters. The maximum absolute atomic E-state index is 13.4. The lowest BCUT2D eigenvalue weighted by molar-refractivity contribution is 0.0954. The van der Waals surface area contributed by atoms with Crippen LogP contribution in [-0.4, -0.2) is 32.5 Å². The Hall–Kier alpha value is -2.89. The van der Waals surface area contributed by atoms with Gasteiger partial charge in [-0.2, -0.15) is 0 Å². The highest BCUT2D eigenvalue weighted by Crippen LogP contribution is 2.32. The summed E-state index contributed by atoms with van der Waals surface area (Å²) in [5.74, 6) is 0.0146. The van der Waals surface area contributed by atoms with Crippen LogP contribution in [0.5, 0.6) is 11.5 Å². The first kappa shape index (κ1) is 16.0. The van der Waals surface area contributed by atoms with Crippen LogP contribution in [0.2, 0.25) is 0 Å². The zero-order chi connectivity index (χ0) is 17.3. The van der Waals surface area contributed by atoms with Gasteiger partial charge in [-0.15, -0.1) is 0 Å². The highest BCUT2D eigenvalue weighted by atomic mass is 19.1. The average Bonchev–Trinajstić information content (AvgIpc) is 2.61. The molecule has 0 saturated carbocycles. The summed E-state index contributed by atoms with van der Waals surface area (Å²) in [5, 5.41) is 0. The smallest absolute Gasteiger partial charge is 0.258 e. The number of halogens is 1. The van der Waals surface area contributed by atoms with Crippen molar-refractivity contribution in [2.24, 2.45) is 0 Å². The molecule has 0 fully saturated rings. The van der Waals surface area contributed by atoms with E-state index in [-0.39, 0.29) is 30.2 Å². The third-order valence-electron chi connectivity index (χ3n) is 3.99. The summed E-state index contributed by atoms with van der Waals surface area (Å²) >= 11 is 0. The van der Waals surface area contributed by atoms with Crippen LogP contribution in [0.3, 0.4) is 0 Å². The van der Waals surface area contributed by atoms with Crippen molar-refractivity contribution in [2.45, 2.75) is 6.42 Å². The monoisotopic (exact) mass is 329 g/mol. The van der Waals surface area contributed by atoms with Crippen molar-refractivity contribution in [3.63, 3.8) is 0 Å². The molecule has 1 aliphatic heterocycles. The SMILES string of the molecule is COc1ccc(C(=O)N2CCC(=O)c3cc(F)ccc32)cc1OC. The molecule has 0 atom stereocenters. The van der Waals surface area contributed by atoms with E-state index in [1.54, 1.807) is 18.2 Å². The van der Waals surface area contributed by atoms with Gasteiger partial charge in [0.2, 0.25) is 0 Å². The van der Waals surface area contributed by atoms with Crippen molar-refractivity contribution >= 4 is 17.4 Å². The molecule has 2 aromatic carbocycles. The first-order valence-electron chi connectivity index (χ1n) is 7.42. The molecule has 0 aliphatic carbocycles. The van der Waals surface area contributed by atoms with E-state index < -0.39 is 5.82 Å². The maximum atomic E-state index is 13.4. The standard InChI is InChI=1S/C18H16FNO4/c1-23-16-6-3-11(9-17(16)24-2)18(22)20-8-7-15(21)13-10-12(19)4-5-14(13)20/h3-6,9-10H,7-8H2,1-2H3. The van der Waals surface area contributed by atoms with Gasteiger partial charge in [-0.3, -0.25) is 9.59 Å². The van der Waals surface area contributed by atoms with Crippen LogP contribution in [-0.2, 0) is 0 Å². The van der Waals surface area contributed by atoms with Crippen LogP contribution in [0.4, 0.5) is 10.1 Å². The summed E-state index contributed by atoms with van der Waals surface area (Å²) in [6.07, 6.45) is 0.162. The van der Waals surface area contributed by atoms with E-state index >= 15 is 0 Å². The van der Waals surface area contributed by atoms with Crippen LogP contribution in [0.25, 0.3) is 0 Å². The molecule has 0 radical (unpaired) electrons. The van der Waals surface area contributed by atoms with E-state index in [9.17, 15) is 14.0 Å². The average molecular weight is 329 g/mol. The van der Waals surface area contributed by atoms with Gasteiger partial charge in [-0.05, 0) is 36.4 Å². The molecular formula is C18H16FNO4. The first-order valence-corrected chi connectivity index (χ1v) is 7.42. The summed E-state index contributed by atoms with van der Waals surface area (Å²) in [4.78, 5) is 26.3. The fraction of sp³-hybridized carbons (Fsp3) is 0.222. The lowest BCUT2D eigenvalue weighted by atomic mass is 9.99. The molecule has 0 bridgehead atoms. The minimum atomic E-state index is -0.498. The van der Waals surface area contributed by atoms with Crippen LogP contribution >= 0.6 is 0 Å². The van der Waals surface area contributed by atoms with Crippen molar-refractivity contribution in [3.8, 4) is 11.5 Å². The minimum Gasteiger partial charge on any atom is -0.493 e. The molecule has 0 N–H and O–H groups in total. The third kappa shape index (κ3) is 2.71. The molecule has 2 aromatic rings. The molecule has 0 saturated heterocycles. The zero-order valence-corrected chi connectivity index (χ0v) is 13.3. The van der Waals surface area contributed by atoms with E-state index in [1.807, 2.05) is 0 Å². The molecule has 1 amide bonds. The topological polar surface area (TPSA) is 55.8 Å². The van der Waals surface area contributed by atoms with E-state index in [0.29, 0.717) is 22.7 Å². The van der Waals surface area contributed by atoms with Crippen molar-refractivity contribution in [1.29, 1.82) is 0 Å². The van der Waals surface area contributed by atoms with Gasteiger partial charge in [-0.1, -0.05) is 0 Å². The highest BCUT2D eigenvalue weighted by Gasteiger charge is 2.28. The molecule has 1 heterocycles. The van der Waals surface area contributed by atoms with Gasteiger partial charge in [0, 0.05) is 24.1 Å². The van der Waals surface area contributed by atoms with Crippen LogP contribution < -0.4 is 14.4 Å². The van der Waals surface area contributed by atoms with E-state index in [2.05, 4.69) is 0 Å². The number of Topliss-reactive ketones (excluding diaryl/α,β-unsaturated/α-hetero) is 1. The second kappa shape index (κ2) is 6.31. The predicted molar refractivity (Wildman–Crippen MR) is 86.6 cm³/mol. The summed E-state index contributed by atoms with van der Waals surface area (Å²) in [7, 11) is 3.00. The number of ketones is 1. The quantitative estimate of drug-likeness (QED) is 0.868. The molecule has 6 heteroatoms. The fourth-order valence-electron chi connectivity index (χ4n) is 2.77. The Morgan fingerprint density at radius 1 is 1.08 bits per heavy atom. The normalized spacial score (nSPS) is 13.5. The van der Waals surface area contributed by atoms with Gasteiger partial charge in [-0.25, -0.2) is 4.39 Å². The zero-order valence-electron chi connectivity index (χ0n) is 13.3. The lowest BCUT2D eigenvalue weighted by Crippen LogP contribution is -2.37. The molecule has 3 rings (SSSR count). The minimum absolute atomic E-state index is 0.162. The van der Waals surface area contributed by atoms with Gasteiger partial charge in [0.05, 0.1) is 19.9 Å². The van der Waals surface area contributed by atoms with Crippen LogP contribution in [0, 0.1) is 5.82 Å². The third-order valence-corrected chi connectivity index (χ3v) is 3.99. The largest absolute Gasteiger partial charge is 0.493 e. The fourth-order valence-corrected chi connectivity index (χ4v) is 2.77. The molecule has 0 spiro atoms. The van der Waals surface area contributed by atoms with Crippen molar-refractivity contribution in [1.82, 2.24) is 0 Å². The van der Waals surface area contributed by atoms with Gasteiger partial charge in [0.25, 0.3) is 5.91 Å². The summed E-state index contributed by atoms with van der Waals surface area (Å²) in [6.45, 7) is 0.255. The number of amides is 1. The number of fused-ring (bicyclic) bond motifs is 1. The van der Waals surface area contributed by atoms with Crippen molar-refractivity contribution in [2.75, 3.05) is 25.7 Å². The number of carbonyl (C=O) groups excluding carboxylic acids is 2. The number of anilines is 1. The number of hydrogen-bond donors (Lipinski definition) is 0. The van der Waals surface area contributed by atoms with Gasteiger partial charge < -0.3 is 14.4 Å². The number of rotatable bonds is 3. The van der Waals surface area contributed by atoms with Gasteiger partial charge >= 0.3 is 0 Å². The van der Waals surface area contributed by atoms with E-state index in [0.717, 1.165) is 0 Å². The second-order valence-corrected chi connectivity index (χ2v) is 5.36. The number of benzene rings is 2. The van der Waals surface area contributed by atoms with E-state index in [4.69, 9.17) is 9.47 Å². The second-order valence-electron chi connectivity index (χ2n) is 5.36. The summed E-state index contributed by atoms with van der Waals surface area (Å²) in [5.41, 5.74) is 1.06. The Bertz CT molecular complexity index is 819. The number of hydrogen-bond acceptors (Lipinski definition) is 4. The van der Waals surface area contributed by atoms with Crippen molar-refractivity contribution in [3.05, 3.63) is 53.3 Å². The Labute approximate surface area is 138 Å². The summed E-state index contributed by atoms with van der Waals surface area (Å²) in [6, 6.07) is 8.73. The van der Waals surface area contributed by atoms with Crippen LogP contribution in [0.15, 0.2) is 36.4 Å². The first-order chi connectivity index (χ1) is 11.5. The van der Waals surface area contributed by atoms with Crippen LogP contribution in [0.1, 0.15) is 27.1 Å². The molecule has 1 aliphatic rings. The Morgan fingerprint density at radius 2 is 1.83 bits per heavy atom. The van der Waals surface area contributed by atoms with Gasteiger partial charge in [0.1, 0.15) is 5.82 Å². The number of nitrogens with zero attached hydrogens (tertiary/aromatic N) is 1.